The summed E-state index contributed by atoms with van der Waals surface area (Å²) in [5.41, 5.74) is 8.40. The van der Waals surface area contributed by atoms with Gasteiger partial charge in [-0.2, -0.15) is 14.4 Å². The van der Waals surface area contributed by atoms with Crippen molar-refractivity contribution in [2.45, 2.75) is 37.8 Å². The number of nitrogen functional groups attached to an aromatic ring is 1. The number of fused-ring (bicyclic) bond motifs is 1. The van der Waals surface area contributed by atoms with E-state index in [-0.39, 0.29) is 23.6 Å². The largest absolute Gasteiger partial charge is 0.491 e. The summed E-state index contributed by atoms with van der Waals surface area (Å²) in [4.78, 5) is 11.9. The number of aromatic nitrogens is 4. The van der Waals surface area contributed by atoms with Gasteiger partial charge in [0.25, 0.3) is 0 Å². The summed E-state index contributed by atoms with van der Waals surface area (Å²) in [6.07, 6.45) is -1.90. The number of nitrogens with two attached hydrogens (primary N) is 1. The van der Waals surface area contributed by atoms with Gasteiger partial charge in [-0.3, -0.25) is 4.57 Å². The van der Waals surface area contributed by atoms with Gasteiger partial charge in [0.2, 0.25) is 0 Å². The van der Waals surface area contributed by atoms with E-state index in [2.05, 4.69) is 15.0 Å². The highest BCUT2D eigenvalue weighted by molar-refractivity contribution is 5.81. The Hall–Kier alpha value is -4.38. The van der Waals surface area contributed by atoms with Crippen molar-refractivity contribution >= 4 is 17.0 Å². The molecule has 1 aliphatic heterocycles. The smallest absolute Gasteiger partial charge is 0.312 e. The van der Waals surface area contributed by atoms with E-state index in [1.807, 2.05) is 91.0 Å². The minimum Gasteiger partial charge on any atom is -0.491 e. The molecule has 0 bridgehead atoms. The van der Waals surface area contributed by atoms with Crippen molar-refractivity contribution in [2.24, 2.45) is 0 Å². The summed E-state index contributed by atoms with van der Waals surface area (Å²) in [5, 5.41) is 0. The second-order valence-corrected chi connectivity index (χ2v) is 9.41. The summed E-state index contributed by atoms with van der Waals surface area (Å²) < 4.78 is 41.4. The van der Waals surface area contributed by atoms with Crippen molar-refractivity contribution in [3.63, 3.8) is 0 Å². The van der Waals surface area contributed by atoms with E-state index in [1.54, 1.807) is 4.57 Å². The summed E-state index contributed by atoms with van der Waals surface area (Å²) in [7, 11) is 0. The average Bonchev–Trinajstić information content (AvgIpc) is 3.56. The predicted molar refractivity (Wildman–Crippen MR) is 146 cm³/mol. The van der Waals surface area contributed by atoms with E-state index in [1.165, 1.54) is 6.33 Å². The fourth-order valence-electron chi connectivity index (χ4n) is 4.77. The van der Waals surface area contributed by atoms with Gasteiger partial charge >= 0.3 is 6.08 Å². The third kappa shape index (κ3) is 5.64. The highest BCUT2D eigenvalue weighted by Crippen LogP contribution is 2.37. The first-order valence-electron chi connectivity index (χ1n) is 13.0. The molecule has 1 fully saturated rings. The molecule has 0 unspecified atom stereocenters. The number of ether oxygens (including phenoxy) is 4. The van der Waals surface area contributed by atoms with Crippen molar-refractivity contribution in [2.75, 3.05) is 12.3 Å². The minimum absolute atomic E-state index is 0.0539. The maximum absolute atomic E-state index is 14.2. The molecule has 10 heteroatoms. The molecule has 5 aromatic rings. The van der Waals surface area contributed by atoms with Gasteiger partial charge in [-0.15, -0.1) is 0 Å². The van der Waals surface area contributed by atoms with Crippen molar-refractivity contribution in [1.29, 1.82) is 0 Å². The number of imidazole rings is 1. The maximum atomic E-state index is 14.2. The van der Waals surface area contributed by atoms with Gasteiger partial charge in [0, 0.05) is 0 Å². The van der Waals surface area contributed by atoms with Crippen molar-refractivity contribution in [1.82, 2.24) is 19.5 Å². The van der Waals surface area contributed by atoms with Crippen molar-refractivity contribution in [3.8, 4) is 5.75 Å². The van der Waals surface area contributed by atoms with Crippen LogP contribution in [0.2, 0.25) is 0 Å². The number of hydrogen-bond donors (Lipinski definition) is 1. The van der Waals surface area contributed by atoms with E-state index in [0.717, 1.165) is 11.1 Å². The van der Waals surface area contributed by atoms with Crippen molar-refractivity contribution < 1.29 is 23.3 Å². The molecule has 0 radical (unpaired) electrons. The molecule has 3 heterocycles. The van der Waals surface area contributed by atoms with Crippen LogP contribution in [0.3, 0.4) is 0 Å². The maximum Gasteiger partial charge on any atom is 0.312 e. The summed E-state index contributed by atoms with van der Waals surface area (Å²) in [6, 6.07) is 29.2. The molecule has 40 heavy (non-hydrogen) atoms. The molecule has 3 aromatic carbocycles. The molecule has 9 nitrogen and oxygen atoms in total. The Labute approximate surface area is 230 Å². The first-order chi connectivity index (χ1) is 19.7. The Kier molecular flexibility index (Phi) is 7.62. The molecule has 0 aliphatic carbocycles. The van der Waals surface area contributed by atoms with E-state index in [9.17, 15) is 4.39 Å². The quantitative estimate of drug-likeness (QED) is 0.254. The van der Waals surface area contributed by atoms with Gasteiger partial charge in [0.05, 0.1) is 19.5 Å². The number of nitrogens with zero attached hydrogens (tertiary/aromatic N) is 4. The normalized spacial score (nSPS) is 20.6. The molecule has 0 saturated carbocycles. The molecular formula is C30H28FN5O4. The number of halogens is 1. The van der Waals surface area contributed by atoms with Crippen molar-refractivity contribution in [3.05, 3.63) is 115 Å². The van der Waals surface area contributed by atoms with E-state index in [0.29, 0.717) is 19.0 Å². The lowest BCUT2D eigenvalue weighted by Gasteiger charge is -2.25. The van der Waals surface area contributed by atoms with Gasteiger partial charge in [0.1, 0.15) is 30.7 Å². The Bertz CT molecular complexity index is 1540. The van der Waals surface area contributed by atoms with Gasteiger partial charge in [-0.05, 0) is 23.3 Å². The zero-order valence-electron chi connectivity index (χ0n) is 21.5. The fourth-order valence-corrected chi connectivity index (χ4v) is 4.77. The van der Waals surface area contributed by atoms with Crippen LogP contribution in [0.25, 0.3) is 11.2 Å². The van der Waals surface area contributed by atoms with Crippen LogP contribution in [0.5, 0.6) is 5.75 Å². The van der Waals surface area contributed by atoms with Crippen LogP contribution in [0.1, 0.15) is 17.4 Å². The van der Waals surface area contributed by atoms with Gasteiger partial charge in [0.15, 0.2) is 23.2 Å². The molecular weight excluding hydrogens is 513 g/mol. The van der Waals surface area contributed by atoms with Gasteiger partial charge in [-0.1, -0.05) is 78.9 Å². The van der Waals surface area contributed by atoms with E-state index < -0.39 is 30.6 Å². The monoisotopic (exact) mass is 541 g/mol. The van der Waals surface area contributed by atoms with Gasteiger partial charge in [-0.25, -0.2) is 4.98 Å². The zero-order chi connectivity index (χ0) is 27.3. The third-order valence-corrected chi connectivity index (χ3v) is 6.71. The Morgan fingerprint density at radius 3 is 2.05 bits per heavy atom. The zero-order valence-corrected chi connectivity index (χ0v) is 21.5. The van der Waals surface area contributed by atoms with Crippen LogP contribution in [0.4, 0.5) is 10.2 Å². The number of rotatable bonds is 10. The lowest BCUT2D eigenvalue weighted by atomic mass is 10.1. The van der Waals surface area contributed by atoms with Crippen LogP contribution >= 0.6 is 0 Å². The summed E-state index contributed by atoms with van der Waals surface area (Å²) in [5.74, 6) is 0.649. The van der Waals surface area contributed by atoms with Crippen LogP contribution in [0.15, 0.2) is 97.3 Å². The van der Waals surface area contributed by atoms with Crippen LogP contribution in [-0.2, 0) is 27.4 Å². The molecule has 6 rings (SSSR count). The topological polar surface area (TPSA) is 107 Å². The van der Waals surface area contributed by atoms with Crippen LogP contribution in [-0.4, -0.2) is 44.4 Å². The molecule has 1 aliphatic rings. The highest BCUT2D eigenvalue weighted by atomic mass is 19.1. The molecule has 0 spiro atoms. The van der Waals surface area contributed by atoms with E-state index in [4.69, 9.17) is 24.7 Å². The Morgan fingerprint density at radius 1 is 0.800 bits per heavy atom. The predicted octanol–water partition coefficient (Wildman–Crippen LogP) is 4.69. The number of anilines is 1. The second-order valence-electron chi connectivity index (χ2n) is 9.41. The minimum atomic E-state index is -0.952. The molecule has 204 valence electrons. The number of hydrogen-bond acceptors (Lipinski definition) is 8. The molecule has 4 atom stereocenters. The standard InChI is InChI=1S/C30H28FN5O4/c31-30-34-27(32)24-28(35-30)36(19-33-24)29-26(39-17-21-12-6-2-7-13-21)25(38-16-20-10-4-1-5-11-20)23(40-29)18-37-22-14-8-3-9-15-22/h1-15,19,23,25-26,29H,16-18H2,(H2,32,34,35)/t23-,25-,26+,29-/m1/s1. The highest BCUT2D eigenvalue weighted by Gasteiger charge is 2.48. The molecule has 2 aromatic heterocycles. The summed E-state index contributed by atoms with van der Waals surface area (Å²) in [6.45, 7) is 0.841. The third-order valence-electron chi connectivity index (χ3n) is 6.71. The first kappa shape index (κ1) is 25.9. The second kappa shape index (κ2) is 11.8. The van der Waals surface area contributed by atoms with Crippen LogP contribution < -0.4 is 10.5 Å². The Morgan fingerprint density at radius 2 is 1.40 bits per heavy atom. The lowest BCUT2D eigenvalue weighted by Crippen LogP contribution is -2.39. The van der Waals surface area contributed by atoms with Gasteiger partial charge < -0.3 is 24.7 Å². The lowest BCUT2D eigenvalue weighted by molar-refractivity contribution is -0.0897. The molecule has 0 amide bonds. The average molecular weight is 542 g/mol. The molecule has 2 N–H and O–H groups in total. The number of benzene rings is 3. The molecule has 1 saturated heterocycles. The van der Waals surface area contributed by atoms with Crippen LogP contribution in [0, 0.1) is 6.08 Å². The summed E-state index contributed by atoms with van der Waals surface area (Å²) >= 11 is 0. The number of para-hydroxylation sites is 1. The first-order valence-corrected chi connectivity index (χ1v) is 13.0. The SMILES string of the molecule is Nc1nc(F)nc2c1ncn2[C@@H]1O[C@H](COc2ccccc2)[C@@H](OCc2ccccc2)[C@@H]1OCc1ccccc1. The fraction of sp³-hybridized carbons (Fsp3) is 0.233. The Balaban J connectivity index is 1.34. The van der Waals surface area contributed by atoms with E-state index >= 15 is 0 Å².